The highest BCUT2D eigenvalue weighted by Gasteiger charge is 2.14. The van der Waals surface area contributed by atoms with Crippen LogP contribution in [-0.4, -0.2) is 5.78 Å². The zero-order chi connectivity index (χ0) is 14.9. The lowest BCUT2D eigenvalue weighted by Crippen LogP contribution is -1.98. The Morgan fingerprint density at radius 3 is 2.55 bits per heavy atom. The van der Waals surface area contributed by atoms with E-state index in [9.17, 15) is 13.6 Å². The van der Waals surface area contributed by atoms with Crippen LogP contribution in [0.5, 0.6) is 11.5 Å². The number of Topliss-reactive ketones (excluding diaryl/α,β-unsaturated/α-hetero) is 1. The van der Waals surface area contributed by atoms with Crippen molar-refractivity contribution < 1.29 is 18.3 Å². The monoisotopic (exact) mass is 360 g/mol. The van der Waals surface area contributed by atoms with E-state index in [-0.39, 0.29) is 27.9 Å². The maximum atomic E-state index is 13.4. The number of halogens is 4. The highest BCUT2D eigenvalue weighted by atomic mass is 79.9. The molecule has 0 spiro atoms. The van der Waals surface area contributed by atoms with Gasteiger partial charge in [0.25, 0.3) is 0 Å². The van der Waals surface area contributed by atoms with Gasteiger partial charge in [0.05, 0.1) is 15.1 Å². The van der Waals surface area contributed by atoms with Crippen molar-refractivity contribution in [2.24, 2.45) is 0 Å². The van der Waals surface area contributed by atoms with Crippen LogP contribution >= 0.6 is 27.5 Å². The second kappa shape index (κ2) is 5.89. The summed E-state index contributed by atoms with van der Waals surface area (Å²) in [5.41, 5.74) is 0.0762. The summed E-state index contributed by atoms with van der Waals surface area (Å²) in [6.07, 6.45) is 0. The summed E-state index contributed by atoms with van der Waals surface area (Å²) in [5, 5.41) is -0.0601. The van der Waals surface area contributed by atoms with E-state index in [1.807, 2.05) is 0 Å². The molecule has 0 bridgehead atoms. The third kappa shape index (κ3) is 3.16. The third-order valence-corrected chi connectivity index (χ3v) is 3.42. The van der Waals surface area contributed by atoms with Crippen LogP contribution in [0.3, 0.4) is 0 Å². The number of hydrogen-bond acceptors (Lipinski definition) is 2. The number of ether oxygens (including phenoxy) is 1. The predicted molar refractivity (Wildman–Crippen MR) is 75.6 cm³/mol. The van der Waals surface area contributed by atoms with E-state index in [2.05, 4.69) is 15.9 Å². The van der Waals surface area contributed by atoms with Crippen molar-refractivity contribution in [2.45, 2.75) is 6.92 Å². The van der Waals surface area contributed by atoms with Gasteiger partial charge >= 0.3 is 0 Å². The fourth-order valence-corrected chi connectivity index (χ4v) is 2.29. The standard InChI is InChI=1S/C14H8BrClF2O2/c1-7(19)9-4-8(17)2-3-13(9)20-14-6-12(18)11(16)5-10(14)15/h2-6H,1H3. The van der Waals surface area contributed by atoms with Crippen molar-refractivity contribution in [3.63, 3.8) is 0 Å². The molecule has 0 saturated heterocycles. The fourth-order valence-electron chi connectivity index (χ4n) is 1.57. The Morgan fingerprint density at radius 2 is 1.90 bits per heavy atom. The molecule has 0 saturated carbocycles. The zero-order valence-corrected chi connectivity index (χ0v) is 12.6. The van der Waals surface area contributed by atoms with E-state index in [1.54, 1.807) is 0 Å². The Morgan fingerprint density at radius 1 is 1.20 bits per heavy atom. The Kier molecular flexibility index (Phi) is 4.40. The van der Waals surface area contributed by atoms with E-state index in [0.29, 0.717) is 4.47 Å². The molecule has 0 aliphatic heterocycles. The molecule has 0 heterocycles. The van der Waals surface area contributed by atoms with Crippen molar-refractivity contribution in [1.82, 2.24) is 0 Å². The van der Waals surface area contributed by atoms with Gasteiger partial charge in [-0.25, -0.2) is 8.78 Å². The van der Waals surface area contributed by atoms with Crippen molar-refractivity contribution >= 4 is 33.3 Å². The molecule has 0 amide bonds. The third-order valence-electron chi connectivity index (χ3n) is 2.52. The number of ketones is 1. The molecule has 0 atom stereocenters. The molecule has 0 aliphatic carbocycles. The number of hydrogen-bond donors (Lipinski definition) is 0. The summed E-state index contributed by atoms with van der Waals surface area (Å²) in [7, 11) is 0. The van der Waals surface area contributed by atoms with Gasteiger partial charge in [-0.3, -0.25) is 4.79 Å². The summed E-state index contributed by atoms with van der Waals surface area (Å²) >= 11 is 8.81. The molecular weight excluding hydrogens is 354 g/mol. The number of benzene rings is 2. The average Bonchev–Trinajstić information content (AvgIpc) is 2.37. The van der Waals surface area contributed by atoms with E-state index in [4.69, 9.17) is 16.3 Å². The summed E-state index contributed by atoms with van der Waals surface area (Å²) < 4.78 is 32.5. The molecule has 0 N–H and O–H groups in total. The predicted octanol–water partition coefficient (Wildman–Crippen LogP) is 5.38. The molecule has 104 valence electrons. The Hall–Kier alpha value is -1.46. The van der Waals surface area contributed by atoms with Crippen molar-refractivity contribution in [3.8, 4) is 11.5 Å². The van der Waals surface area contributed by atoms with Crippen LogP contribution in [0.25, 0.3) is 0 Å². The topological polar surface area (TPSA) is 26.3 Å². The van der Waals surface area contributed by atoms with Gasteiger partial charge in [0, 0.05) is 6.07 Å². The molecule has 6 heteroatoms. The largest absolute Gasteiger partial charge is 0.455 e. The molecule has 0 radical (unpaired) electrons. The SMILES string of the molecule is CC(=O)c1cc(F)ccc1Oc1cc(F)c(Cl)cc1Br. The van der Waals surface area contributed by atoms with Gasteiger partial charge in [-0.05, 0) is 47.1 Å². The van der Waals surface area contributed by atoms with Crippen molar-refractivity contribution in [2.75, 3.05) is 0 Å². The first-order chi connectivity index (χ1) is 9.38. The molecule has 0 fully saturated rings. The Bertz CT molecular complexity index is 689. The van der Waals surface area contributed by atoms with E-state index < -0.39 is 11.6 Å². The molecule has 2 aromatic carbocycles. The molecule has 2 nitrogen and oxygen atoms in total. The molecular formula is C14H8BrClF2O2. The molecule has 0 aliphatic rings. The van der Waals surface area contributed by atoms with Gasteiger partial charge in [-0.15, -0.1) is 0 Å². The number of carbonyl (C=O) groups is 1. The van der Waals surface area contributed by atoms with Crippen LogP contribution in [0.1, 0.15) is 17.3 Å². The first-order valence-corrected chi connectivity index (χ1v) is 6.68. The van der Waals surface area contributed by atoms with Crippen molar-refractivity contribution in [3.05, 3.63) is 57.0 Å². The van der Waals surface area contributed by atoms with Crippen LogP contribution < -0.4 is 4.74 Å². The van der Waals surface area contributed by atoms with Crippen LogP contribution in [0.15, 0.2) is 34.8 Å². The summed E-state index contributed by atoms with van der Waals surface area (Å²) in [4.78, 5) is 11.5. The Balaban J connectivity index is 2.45. The number of carbonyl (C=O) groups excluding carboxylic acids is 1. The highest BCUT2D eigenvalue weighted by molar-refractivity contribution is 9.10. The fraction of sp³-hybridized carbons (Fsp3) is 0.0714. The van der Waals surface area contributed by atoms with Crippen LogP contribution in [0.2, 0.25) is 5.02 Å². The summed E-state index contributed by atoms with van der Waals surface area (Å²) in [5.74, 6) is -1.28. The quantitative estimate of drug-likeness (QED) is 0.542. The summed E-state index contributed by atoms with van der Waals surface area (Å²) in [6, 6.07) is 5.95. The van der Waals surface area contributed by atoms with Gasteiger partial charge in [-0.1, -0.05) is 11.6 Å². The van der Waals surface area contributed by atoms with E-state index in [1.165, 1.54) is 19.1 Å². The molecule has 2 rings (SSSR count). The minimum atomic E-state index is -0.656. The Labute approximate surface area is 127 Å². The lowest BCUT2D eigenvalue weighted by molar-refractivity contribution is 0.101. The molecule has 0 unspecified atom stereocenters. The van der Waals surface area contributed by atoms with Crippen molar-refractivity contribution in [1.29, 1.82) is 0 Å². The van der Waals surface area contributed by atoms with Crippen LogP contribution in [-0.2, 0) is 0 Å². The lowest BCUT2D eigenvalue weighted by Gasteiger charge is -2.11. The van der Waals surface area contributed by atoms with Gasteiger partial charge < -0.3 is 4.74 Å². The van der Waals surface area contributed by atoms with Gasteiger partial charge in [0.15, 0.2) is 5.78 Å². The number of rotatable bonds is 3. The highest BCUT2D eigenvalue weighted by Crippen LogP contribution is 2.35. The maximum absolute atomic E-state index is 13.4. The van der Waals surface area contributed by atoms with Crippen LogP contribution in [0, 0.1) is 11.6 Å². The normalized spacial score (nSPS) is 10.4. The van der Waals surface area contributed by atoms with E-state index >= 15 is 0 Å². The zero-order valence-electron chi connectivity index (χ0n) is 10.2. The minimum absolute atomic E-state index is 0.0601. The second-order valence-corrected chi connectivity index (χ2v) is 5.26. The molecule has 2 aromatic rings. The second-order valence-electron chi connectivity index (χ2n) is 4.00. The smallest absolute Gasteiger partial charge is 0.163 e. The maximum Gasteiger partial charge on any atom is 0.163 e. The summed E-state index contributed by atoms with van der Waals surface area (Å²) in [6.45, 7) is 1.29. The van der Waals surface area contributed by atoms with Gasteiger partial charge in [0.1, 0.15) is 23.1 Å². The molecule has 20 heavy (non-hydrogen) atoms. The van der Waals surface area contributed by atoms with Gasteiger partial charge in [0.2, 0.25) is 0 Å². The average molecular weight is 362 g/mol. The van der Waals surface area contributed by atoms with Gasteiger partial charge in [-0.2, -0.15) is 0 Å². The first kappa shape index (κ1) is 14.9. The first-order valence-electron chi connectivity index (χ1n) is 5.51. The lowest BCUT2D eigenvalue weighted by atomic mass is 10.1. The molecule has 0 aromatic heterocycles. The van der Waals surface area contributed by atoms with Crippen LogP contribution in [0.4, 0.5) is 8.78 Å². The van der Waals surface area contributed by atoms with E-state index in [0.717, 1.165) is 18.2 Å². The minimum Gasteiger partial charge on any atom is -0.455 e.